The van der Waals surface area contributed by atoms with Crippen molar-refractivity contribution in [1.29, 1.82) is 0 Å². The Hall–Kier alpha value is -2.39. The minimum Gasteiger partial charge on any atom is -0.489 e. The van der Waals surface area contributed by atoms with Gasteiger partial charge in [-0.05, 0) is 30.7 Å². The minimum absolute atomic E-state index is 0.456. The van der Waals surface area contributed by atoms with Crippen LogP contribution in [0.15, 0.2) is 60.8 Å². The molecule has 3 aromatic rings. The fourth-order valence-corrected chi connectivity index (χ4v) is 2.31. The standard InChI is InChI=1S/C18H17NO2/c1-13(20)15-6-3-9-17(11-15)21-12-16-7-2-5-14-8-4-10-19-18(14)16/h2-11,13,20H,12H2,1H3/t13-/m1/s1. The van der Waals surface area contributed by atoms with Crippen LogP contribution in [-0.4, -0.2) is 10.1 Å². The van der Waals surface area contributed by atoms with Crippen molar-refractivity contribution in [2.45, 2.75) is 19.6 Å². The molecule has 0 saturated heterocycles. The van der Waals surface area contributed by atoms with E-state index in [-0.39, 0.29) is 0 Å². The van der Waals surface area contributed by atoms with Crippen LogP contribution in [0.1, 0.15) is 24.2 Å². The van der Waals surface area contributed by atoms with Gasteiger partial charge in [-0.2, -0.15) is 0 Å². The summed E-state index contributed by atoms with van der Waals surface area (Å²) in [6.07, 6.45) is 1.30. The third kappa shape index (κ3) is 3.03. The normalized spacial score (nSPS) is 12.3. The van der Waals surface area contributed by atoms with Crippen LogP contribution in [0.2, 0.25) is 0 Å². The van der Waals surface area contributed by atoms with Gasteiger partial charge in [0.15, 0.2) is 0 Å². The van der Waals surface area contributed by atoms with E-state index >= 15 is 0 Å². The first kappa shape index (κ1) is 13.6. The highest BCUT2D eigenvalue weighted by Gasteiger charge is 2.05. The monoisotopic (exact) mass is 279 g/mol. The second-order valence-electron chi connectivity index (χ2n) is 5.03. The van der Waals surface area contributed by atoms with Crippen molar-refractivity contribution in [2.24, 2.45) is 0 Å². The van der Waals surface area contributed by atoms with E-state index < -0.39 is 6.10 Å². The molecule has 3 rings (SSSR count). The first-order chi connectivity index (χ1) is 10.2. The predicted molar refractivity (Wildman–Crippen MR) is 83.2 cm³/mol. The zero-order valence-electron chi connectivity index (χ0n) is 11.9. The highest BCUT2D eigenvalue weighted by atomic mass is 16.5. The zero-order chi connectivity index (χ0) is 14.7. The molecule has 1 heterocycles. The third-order valence-corrected chi connectivity index (χ3v) is 3.45. The van der Waals surface area contributed by atoms with E-state index in [1.54, 1.807) is 13.1 Å². The van der Waals surface area contributed by atoms with Gasteiger partial charge in [-0.3, -0.25) is 4.98 Å². The van der Waals surface area contributed by atoms with Crippen LogP contribution >= 0.6 is 0 Å². The quantitative estimate of drug-likeness (QED) is 0.788. The van der Waals surface area contributed by atoms with Gasteiger partial charge < -0.3 is 9.84 Å². The molecule has 0 unspecified atom stereocenters. The van der Waals surface area contributed by atoms with Gasteiger partial charge in [-0.1, -0.05) is 36.4 Å². The van der Waals surface area contributed by atoms with Gasteiger partial charge >= 0.3 is 0 Å². The van der Waals surface area contributed by atoms with Gasteiger partial charge in [0, 0.05) is 17.1 Å². The van der Waals surface area contributed by atoms with Gasteiger partial charge in [-0.25, -0.2) is 0 Å². The summed E-state index contributed by atoms with van der Waals surface area (Å²) in [7, 11) is 0. The number of hydrogen-bond acceptors (Lipinski definition) is 3. The van der Waals surface area contributed by atoms with E-state index in [2.05, 4.69) is 4.98 Å². The van der Waals surface area contributed by atoms with Crippen molar-refractivity contribution in [3.8, 4) is 5.75 Å². The lowest BCUT2D eigenvalue weighted by molar-refractivity contribution is 0.198. The van der Waals surface area contributed by atoms with Gasteiger partial charge in [0.2, 0.25) is 0 Å². The van der Waals surface area contributed by atoms with Crippen molar-refractivity contribution < 1.29 is 9.84 Å². The molecule has 0 bridgehead atoms. The number of rotatable bonds is 4. The second kappa shape index (κ2) is 5.94. The van der Waals surface area contributed by atoms with E-state index in [0.717, 1.165) is 27.8 Å². The van der Waals surface area contributed by atoms with Crippen LogP contribution < -0.4 is 4.74 Å². The molecule has 0 saturated carbocycles. The Balaban J connectivity index is 1.82. The van der Waals surface area contributed by atoms with Crippen molar-refractivity contribution >= 4 is 10.9 Å². The minimum atomic E-state index is -0.493. The summed E-state index contributed by atoms with van der Waals surface area (Å²) >= 11 is 0. The number of hydrogen-bond donors (Lipinski definition) is 1. The molecule has 0 aliphatic heterocycles. The lowest BCUT2D eigenvalue weighted by Crippen LogP contribution is -1.98. The Morgan fingerprint density at radius 3 is 2.76 bits per heavy atom. The van der Waals surface area contributed by atoms with E-state index in [9.17, 15) is 5.11 Å². The Bertz CT molecular complexity index is 748. The molecule has 106 valence electrons. The summed E-state index contributed by atoms with van der Waals surface area (Å²) in [4.78, 5) is 4.42. The number of aromatic nitrogens is 1. The number of aliphatic hydroxyl groups excluding tert-OH is 1. The maximum Gasteiger partial charge on any atom is 0.120 e. The van der Waals surface area contributed by atoms with Crippen molar-refractivity contribution in [2.75, 3.05) is 0 Å². The van der Waals surface area contributed by atoms with Crippen LogP contribution in [0, 0.1) is 0 Å². The maximum absolute atomic E-state index is 9.61. The summed E-state index contributed by atoms with van der Waals surface area (Å²) in [6, 6.07) is 17.6. The first-order valence-electron chi connectivity index (χ1n) is 6.97. The molecule has 1 aromatic heterocycles. The smallest absolute Gasteiger partial charge is 0.120 e. The molecule has 0 fully saturated rings. The summed E-state index contributed by atoms with van der Waals surface area (Å²) in [5.41, 5.74) is 2.87. The van der Waals surface area contributed by atoms with Gasteiger partial charge in [0.05, 0.1) is 11.6 Å². The fraction of sp³-hybridized carbons (Fsp3) is 0.167. The number of fused-ring (bicyclic) bond motifs is 1. The van der Waals surface area contributed by atoms with Crippen LogP contribution in [-0.2, 0) is 6.61 Å². The Morgan fingerprint density at radius 2 is 1.90 bits per heavy atom. The van der Waals surface area contributed by atoms with Crippen LogP contribution in [0.3, 0.4) is 0 Å². The number of aliphatic hydroxyl groups is 1. The predicted octanol–water partition coefficient (Wildman–Crippen LogP) is 3.87. The summed E-state index contributed by atoms with van der Waals surface area (Å²) in [5, 5.41) is 10.7. The lowest BCUT2D eigenvalue weighted by atomic mass is 10.1. The Labute approximate surface area is 123 Å². The molecule has 1 N–H and O–H groups in total. The number of pyridine rings is 1. The van der Waals surface area contributed by atoms with E-state index in [4.69, 9.17) is 4.74 Å². The van der Waals surface area contributed by atoms with E-state index in [0.29, 0.717) is 6.61 Å². The largest absolute Gasteiger partial charge is 0.489 e. The highest BCUT2D eigenvalue weighted by molar-refractivity contribution is 5.81. The first-order valence-corrected chi connectivity index (χ1v) is 6.97. The topological polar surface area (TPSA) is 42.4 Å². The van der Waals surface area contributed by atoms with Crippen LogP contribution in [0.5, 0.6) is 5.75 Å². The number of ether oxygens (including phenoxy) is 1. The molecular weight excluding hydrogens is 262 g/mol. The molecule has 0 radical (unpaired) electrons. The van der Waals surface area contributed by atoms with Gasteiger partial charge in [0.25, 0.3) is 0 Å². The van der Waals surface area contributed by atoms with Crippen LogP contribution in [0.4, 0.5) is 0 Å². The molecule has 0 amide bonds. The van der Waals surface area contributed by atoms with Crippen LogP contribution in [0.25, 0.3) is 10.9 Å². The molecular formula is C18H17NO2. The second-order valence-corrected chi connectivity index (χ2v) is 5.03. The SMILES string of the molecule is C[C@@H](O)c1cccc(OCc2cccc3cccnc23)c1. The highest BCUT2D eigenvalue weighted by Crippen LogP contribution is 2.21. The lowest BCUT2D eigenvalue weighted by Gasteiger charge is -2.10. The average Bonchev–Trinajstić information content (AvgIpc) is 2.53. The fourth-order valence-electron chi connectivity index (χ4n) is 2.31. The third-order valence-electron chi connectivity index (χ3n) is 3.45. The zero-order valence-corrected chi connectivity index (χ0v) is 11.9. The molecule has 0 aliphatic carbocycles. The molecule has 0 spiro atoms. The summed E-state index contributed by atoms with van der Waals surface area (Å²) < 4.78 is 5.84. The Morgan fingerprint density at radius 1 is 1.10 bits per heavy atom. The molecule has 1 atom stereocenters. The Kier molecular flexibility index (Phi) is 3.84. The van der Waals surface area contributed by atoms with E-state index in [1.807, 2.05) is 54.6 Å². The molecule has 3 nitrogen and oxygen atoms in total. The molecule has 3 heteroatoms. The van der Waals surface area contributed by atoms with Gasteiger partial charge in [-0.15, -0.1) is 0 Å². The number of nitrogens with zero attached hydrogens (tertiary/aromatic N) is 1. The van der Waals surface area contributed by atoms with E-state index in [1.165, 1.54) is 0 Å². The van der Waals surface area contributed by atoms with Gasteiger partial charge in [0.1, 0.15) is 12.4 Å². The summed E-state index contributed by atoms with van der Waals surface area (Å²) in [6.45, 7) is 2.20. The molecule has 0 aliphatic rings. The number of benzene rings is 2. The molecule has 2 aromatic carbocycles. The summed E-state index contributed by atoms with van der Waals surface area (Å²) in [5.74, 6) is 0.751. The average molecular weight is 279 g/mol. The number of para-hydroxylation sites is 1. The molecule has 21 heavy (non-hydrogen) atoms. The maximum atomic E-state index is 9.61. The van der Waals surface area contributed by atoms with Crippen molar-refractivity contribution in [3.63, 3.8) is 0 Å². The van der Waals surface area contributed by atoms with Crippen molar-refractivity contribution in [3.05, 3.63) is 71.9 Å². The van der Waals surface area contributed by atoms with Crippen molar-refractivity contribution in [1.82, 2.24) is 4.98 Å².